The minimum atomic E-state index is -1.24. The van der Waals surface area contributed by atoms with Crippen LogP contribution in [0.2, 0.25) is 0 Å². The fourth-order valence-electron chi connectivity index (χ4n) is 4.79. The first-order chi connectivity index (χ1) is 17.9. The quantitative estimate of drug-likeness (QED) is 0.316. The second-order valence-electron chi connectivity index (χ2n) is 9.15. The van der Waals surface area contributed by atoms with Crippen molar-refractivity contribution >= 4 is 17.6 Å². The predicted octanol–water partition coefficient (Wildman–Crippen LogP) is 5.88. The zero-order chi connectivity index (χ0) is 25.9. The predicted molar refractivity (Wildman–Crippen MR) is 144 cm³/mol. The number of cyclic esters (lactones) is 1. The molecule has 6 nitrogen and oxygen atoms in total. The van der Waals surface area contributed by atoms with E-state index in [1.54, 1.807) is 0 Å². The number of anilines is 1. The maximum Gasteiger partial charge on any atom is 0.333 e. The number of carbonyl (C=O) groups excluding carboxylic acids is 2. The van der Waals surface area contributed by atoms with Crippen molar-refractivity contribution in [3.63, 3.8) is 0 Å². The Labute approximate surface area is 215 Å². The van der Waals surface area contributed by atoms with Crippen molar-refractivity contribution in [2.45, 2.75) is 33.1 Å². The monoisotopic (exact) mass is 492 g/mol. The Kier molecular flexibility index (Phi) is 6.75. The van der Waals surface area contributed by atoms with Crippen LogP contribution in [0.1, 0.15) is 28.0 Å². The largest absolute Gasteiger partial charge is 0.429 e. The molecule has 2 heterocycles. The molecule has 0 aliphatic carbocycles. The molecular formula is C31H28N2O4. The Hall–Kier alpha value is -4.42. The Balaban J connectivity index is 1.68. The van der Waals surface area contributed by atoms with Gasteiger partial charge in [-0.25, -0.2) is 4.79 Å². The van der Waals surface area contributed by atoms with E-state index in [2.05, 4.69) is 34.1 Å². The maximum absolute atomic E-state index is 13.8. The zero-order valence-electron chi connectivity index (χ0n) is 20.8. The SMILES string of the molecule is Cc1ccc(-c2c(-c3ccccc3)c(C(=O)Nc3ccccc3)c(C)n2CCC2=CC(=O)OC2O)cc1. The number of carbonyl (C=O) groups is 2. The van der Waals surface area contributed by atoms with Crippen LogP contribution in [0.25, 0.3) is 22.4 Å². The number of aliphatic hydroxyl groups excluding tert-OH is 1. The van der Waals surface area contributed by atoms with Crippen LogP contribution in [0.4, 0.5) is 5.69 Å². The molecule has 1 unspecified atom stereocenters. The number of nitrogens with zero attached hydrogens (tertiary/aromatic N) is 1. The van der Waals surface area contributed by atoms with Crippen LogP contribution >= 0.6 is 0 Å². The summed E-state index contributed by atoms with van der Waals surface area (Å²) >= 11 is 0. The van der Waals surface area contributed by atoms with E-state index in [1.807, 2.05) is 74.5 Å². The molecule has 186 valence electrons. The molecule has 6 heteroatoms. The van der Waals surface area contributed by atoms with Crippen LogP contribution in [-0.4, -0.2) is 27.8 Å². The summed E-state index contributed by atoms with van der Waals surface area (Å²) in [5.74, 6) is -0.744. The molecule has 1 aromatic heterocycles. The third kappa shape index (κ3) is 4.97. The zero-order valence-corrected chi connectivity index (χ0v) is 20.8. The second kappa shape index (κ2) is 10.3. The third-order valence-electron chi connectivity index (χ3n) is 6.64. The highest BCUT2D eigenvalue weighted by Gasteiger charge is 2.29. The molecule has 4 aromatic rings. The molecule has 3 aromatic carbocycles. The second-order valence-corrected chi connectivity index (χ2v) is 9.15. The number of rotatable bonds is 7. The standard InChI is InChI=1S/C31H28N2O4/c1-20-13-15-23(16-14-20)29-28(22-9-5-3-6-10-22)27(30(35)32-25-11-7-4-8-12-25)21(2)33(29)18-17-24-19-26(34)37-31(24)36/h3-16,19,31,36H,17-18H2,1-2H3,(H,32,35). The number of hydrogen-bond acceptors (Lipinski definition) is 4. The van der Waals surface area contributed by atoms with Gasteiger partial charge in [-0.15, -0.1) is 0 Å². The summed E-state index contributed by atoms with van der Waals surface area (Å²) in [5.41, 5.74) is 7.39. The van der Waals surface area contributed by atoms with Crippen molar-refractivity contribution in [2.75, 3.05) is 5.32 Å². The summed E-state index contributed by atoms with van der Waals surface area (Å²) < 4.78 is 6.97. The number of ether oxygens (including phenoxy) is 1. The number of amides is 1. The summed E-state index contributed by atoms with van der Waals surface area (Å²) in [6.07, 6.45) is 0.506. The van der Waals surface area contributed by atoms with Gasteiger partial charge in [0.15, 0.2) is 0 Å². The first-order valence-electron chi connectivity index (χ1n) is 12.2. The fourth-order valence-corrected chi connectivity index (χ4v) is 4.79. The van der Waals surface area contributed by atoms with Gasteiger partial charge in [0.05, 0.1) is 11.3 Å². The normalized spacial score (nSPS) is 14.8. The van der Waals surface area contributed by atoms with Gasteiger partial charge in [0, 0.05) is 35.1 Å². The van der Waals surface area contributed by atoms with E-state index in [-0.39, 0.29) is 5.91 Å². The van der Waals surface area contributed by atoms with Gasteiger partial charge in [0.2, 0.25) is 6.29 Å². The lowest BCUT2D eigenvalue weighted by Crippen LogP contribution is -2.15. The van der Waals surface area contributed by atoms with Crippen LogP contribution in [0.3, 0.4) is 0 Å². The van der Waals surface area contributed by atoms with Crippen LogP contribution in [-0.2, 0) is 16.1 Å². The molecular weight excluding hydrogens is 464 g/mol. The van der Waals surface area contributed by atoms with Gasteiger partial charge in [0.25, 0.3) is 5.91 Å². The molecule has 37 heavy (non-hydrogen) atoms. The fraction of sp³-hybridized carbons (Fsp3) is 0.161. The number of aromatic nitrogens is 1. The van der Waals surface area contributed by atoms with Gasteiger partial charge in [-0.05, 0) is 43.5 Å². The highest BCUT2D eigenvalue weighted by Crippen LogP contribution is 2.40. The molecule has 0 fully saturated rings. The van der Waals surface area contributed by atoms with Crippen molar-refractivity contribution in [1.82, 2.24) is 4.57 Å². The van der Waals surface area contributed by atoms with E-state index in [0.29, 0.717) is 29.8 Å². The summed E-state index contributed by atoms with van der Waals surface area (Å²) in [6, 6.07) is 27.5. The van der Waals surface area contributed by atoms with Crippen LogP contribution in [0, 0.1) is 13.8 Å². The molecule has 1 aliphatic rings. The van der Waals surface area contributed by atoms with Crippen molar-refractivity contribution in [3.8, 4) is 22.4 Å². The lowest BCUT2D eigenvalue weighted by atomic mass is 9.96. The summed E-state index contributed by atoms with van der Waals surface area (Å²) in [5, 5.41) is 13.2. The van der Waals surface area contributed by atoms with Gasteiger partial charge >= 0.3 is 5.97 Å². The average Bonchev–Trinajstić information content (AvgIpc) is 3.38. The number of nitrogens with one attached hydrogen (secondary N) is 1. The third-order valence-corrected chi connectivity index (χ3v) is 6.64. The molecule has 0 saturated heterocycles. The molecule has 2 N–H and O–H groups in total. The highest BCUT2D eigenvalue weighted by atomic mass is 16.6. The molecule has 0 saturated carbocycles. The van der Waals surface area contributed by atoms with Crippen molar-refractivity contribution in [2.24, 2.45) is 0 Å². The lowest BCUT2D eigenvalue weighted by molar-refractivity contribution is -0.151. The molecule has 0 bridgehead atoms. The van der Waals surface area contributed by atoms with E-state index in [9.17, 15) is 14.7 Å². The van der Waals surface area contributed by atoms with Crippen molar-refractivity contribution in [1.29, 1.82) is 0 Å². The lowest BCUT2D eigenvalue weighted by Gasteiger charge is -2.15. The van der Waals surface area contributed by atoms with E-state index in [1.165, 1.54) is 6.08 Å². The van der Waals surface area contributed by atoms with Gasteiger partial charge in [-0.2, -0.15) is 0 Å². The smallest absolute Gasteiger partial charge is 0.333 e. The Morgan fingerprint density at radius 3 is 2.19 bits per heavy atom. The average molecular weight is 493 g/mol. The van der Waals surface area contributed by atoms with Crippen LogP contribution in [0.5, 0.6) is 0 Å². The number of esters is 1. The minimum Gasteiger partial charge on any atom is -0.429 e. The molecule has 5 rings (SSSR count). The molecule has 1 amide bonds. The summed E-state index contributed by atoms with van der Waals surface area (Å²) in [7, 11) is 0. The van der Waals surface area contributed by atoms with Gasteiger partial charge in [0.1, 0.15) is 0 Å². The van der Waals surface area contributed by atoms with Crippen molar-refractivity contribution < 1.29 is 19.4 Å². The summed E-state index contributed by atoms with van der Waals surface area (Å²) in [6.45, 7) is 4.42. The van der Waals surface area contributed by atoms with Crippen LogP contribution < -0.4 is 5.32 Å². The first kappa shape index (κ1) is 24.3. The topological polar surface area (TPSA) is 80.6 Å². The number of benzene rings is 3. The van der Waals surface area contributed by atoms with Crippen LogP contribution in [0.15, 0.2) is 96.6 Å². The molecule has 1 aliphatic heterocycles. The van der Waals surface area contributed by atoms with E-state index < -0.39 is 12.3 Å². The number of para-hydroxylation sites is 1. The van der Waals surface area contributed by atoms with E-state index in [4.69, 9.17) is 4.74 Å². The van der Waals surface area contributed by atoms with Crippen molar-refractivity contribution in [3.05, 3.63) is 113 Å². The molecule has 1 atom stereocenters. The summed E-state index contributed by atoms with van der Waals surface area (Å²) in [4.78, 5) is 25.4. The minimum absolute atomic E-state index is 0.201. The Morgan fingerprint density at radius 1 is 0.919 bits per heavy atom. The highest BCUT2D eigenvalue weighted by molar-refractivity contribution is 6.12. The van der Waals surface area contributed by atoms with E-state index in [0.717, 1.165) is 33.6 Å². The molecule has 0 radical (unpaired) electrons. The van der Waals surface area contributed by atoms with Gasteiger partial charge in [-0.3, -0.25) is 4.79 Å². The number of aliphatic hydroxyl groups is 1. The Bertz CT molecular complexity index is 1470. The first-order valence-corrected chi connectivity index (χ1v) is 12.2. The number of hydrogen-bond donors (Lipinski definition) is 2. The van der Waals surface area contributed by atoms with Gasteiger partial charge < -0.3 is 19.7 Å². The molecule has 0 spiro atoms. The van der Waals surface area contributed by atoms with E-state index >= 15 is 0 Å². The van der Waals surface area contributed by atoms with Gasteiger partial charge in [-0.1, -0.05) is 78.4 Å². The number of aryl methyl sites for hydroxylation is 1. The Morgan fingerprint density at radius 2 is 1.57 bits per heavy atom. The maximum atomic E-state index is 13.8.